The van der Waals surface area contributed by atoms with E-state index in [1.807, 2.05) is 4.90 Å². The van der Waals surface area contributed by atoms with Crippen LogP contribution in [0.3, 0.4) is 0 Å². The van der Waals surface area contributed by atoms with E-state index in [-0.39, 0.29) is 6.03 Å². The van der Waals surface area contributed by atoms with Gasteiger partial charge in [-0.2, -0.15) is 0 Å². The van der Waals surface area contributed by atoms with Gasteiger partial charge in [0.05, 0.1) is 0 Å². The Morgan fingerprint density at radius 1 is 1.26 bits per heavy atom. The van der Waals surface area contributed by atoms with Crippen LogP contribution >= 0.6 is 0 Å². The molecule has 2 saturated heterocycles. The SMILES string of the molecule is Cc1ccccc1CCNC(=O)N1CCN([C@H]2CCNC2)CC1. The van der Waals surface area contributed by atoms with Gasteiger partial charge in [-0.25, -0.2) is 4.79 Å². The van der Waals surface area contributed by atoms with Gasteiger partial charge in [0.2, 0.25) is 0 Å². The molecule has 23 heavy (non-hydrogen) atoms. The van der Waals surface area contributed by atoms with Crippen molar-refractivity contribution in [3.63, 3.8) is 0 Å². The van der Waals surface area contributed by atoms with Gasteiger partial charge in [0, 0.05) is 45.3 Å². The van der Waals surface area contributed by atoms with Crippen LogP contribution < -0.4 is 10.6 Å². The zero-order chi connectivity index (χ0) is 16.1. The van der Waals surface area contributed by atoms with E-state index >= 15 is 0 Å². The average Bonchev–Trinajstić information content (AvgIpc) is 3.11. The van der Waals surface area contributed by atoms with Crippen molar-refractivity contribution in [2.24, 2.45) is 0 Å². The van der Waals surface area contributed by atoms with Crippen molar-refractivity contribution in [2.45, 2.75) is 25.8 Å². The summed E-state index contributed by atoms with van der Waals surface area (Å²) in [7, 11) is 0. The fraction of sp³-hybridized carbons (Fsp3) is 0.611. The lowest BCUT2D eigenvalue weighted by molar-refractivity contribution is 0.114. The minimum Gasteiger partial charge on any atom is -0.338 e. The normalized spacial score (nSPS) is 22.3. The number of urea groups is 1. The summed E-state index contributed by atoms with van der Waals surface area (Å²) < 4.78 is 0. The number of nitrogens with one attached hydrogen (secondary N) is 2. The van der Waals surface area contributed by atoms with Gasteiger partial charge in [-0.1, -0.05) is 24.3 Å². The molecule has 3 rings (SSSR count). The molecule has 0 aromatic heterocycles. The molecule has 0 spiro atoms. The molecule has 1 aromatic rings. The molecule has 2 amide bonds. The summed E-state index contributed by atoms with van der Waals surface area (Å²) in [4.78, 5) is 16.8. The molecule has 1 atom stereocenters. The third kappa shape index (κ3) is 4.24. The van der Waals surface area contributed by atoms with Crippen LogP contribution in [-0.2, 0) is 6.42 Å². The third-order valence-electron chi connectivity index (χ3n) is 5.08. The largest absolute Gasteiger partial charge is 0.338 e. The Kier molecular flexibility index (Phi) is 5.51. The van der Waals surface area contributed by atoms with Gasteiger partial charge in [-0.3, -0.25) is 4.90 Å². The summed E-state index contributed by atoms with van der Waals surface area (Å²) >= 11 is 0. The molecule has 0 aliphatic carbocycles. The first-order chi connectivity index (χ1) is 11.2. The zero-order valence-corrected chi connectivity index (χ0v) is 14.1. The number of nitrogens with zero attached hydrogens (tertiary/aromatic N) is 2. The van der Waals surface area contributed by atoms with Crippen molar-refractivity contribution >= 4 is 6.03 Å². The van der Waals surface area contributed by atoms with Crippen molar-refractivity contribution in [3.05, 3.63) is 35.4 Å². The molecular formula is C18H28N4O. The lowest BCUT2D eigenvalue weighted by Crippen LogP contribution is -2.54. The van der Waals surface area contributed by atoms with E-state index in [1.165, 1.54) is 17.5 Å². The molecule has 1 aromatic carbocycles. The van der Waals surface area contributed by atoms with Gasteiger partial charge in [-0.05, 0) is 37.4 Å². The summed E-state index contributed by atoms with van der Waals surface area (Å²) in [5, 5.41) is 6.49. The highest BCUT2D eigenvalue weighted by Gasteiger charge is 2.27. The van der Waals surface area contributed by atoms with Crippen LogP contribution in [0, 0.1) is 6.92 Å². The van der Waals surface area contributed by atoms with Crippen molar-refractivity contribution in [2.75, 3.05) is 45.8 Å². The molecule has 2 fully saturated rings. The lowest BCUT2D eigenvalue weighted by atomic mass is 10.1. The molecule has 2 N–H and O–H groups in total. The Labute approximate surface area is 139 Å². The summed E-state index contributed by atoms with van der Waals surface area (Å²) in [5.41, 5.74) is 2.60. The second kappa shape index (κ2) is 7.79. The van der Waals surface area contributed by atoms with Gasteiger partial charge in [0.15, 0.2) is 0 Å². The number of carbonyl (C=O) groups is 1. The Balaban J connectivity index is 1.38. The summed E-state index contributed by atoms with van der Waals surface area (Å²) in [5.74, 6) is 0. The second-order valence-electron chi connectivity index (χ2n) is 6.58. The average molecular weight is 316 g/mol. The van der Waals surface area contributed by atoms with Crippen LogP contribution in [-0.4, -0.2) is 67.7 Å². The van der Waals surface area contributed by atoms with Crippen molar-refractivity contribution < 1.29 is 4.79 Å². The van der Waals surface area contributed by atoms with E-state index in [0.717, 1.165) is 45.7 Å². The summed E-state index contributed by atoms with van der Waals surface area (Å²) in [6.45, 7) is 8.73. The highest BCUT2D eigenvalue weighted by molar-refractivity contribution is 5.74. The van der Waals surface area contributed by atoms with Crippen LogP contribution in [0.25, 0.3) is 0 Å². The molecule has 2 heterocycles. The number of carbonyl (C=O) groups excluding carboxylic acids is 1. The fourth-order valence-electron chi connectivity index (χ4n) is 3.55. The molecule has 0 unspecified atom stereocenters. The third-order valence-corrected chi connectivity index (χ3v) is 5.08. The molecule has 5 heteroatoms. The minimum atomic E-state index is 0.0859. The molecular weight excluding hydrogens is 288 g/mol. The van der Waals surface area contributed by atoms with Gasteiger partial charge in [0.1, 0.15) is 0 Å². The maximum atomic E-state index is 12.3. The quantitative estimate of drug-likeness (QED) is 0.878. The number of amides is 2. The highest BCUT2D eigenvalue weighted by Crippen LogP contribution is 2.12. The van der Waals surface area contributed by atoms with Crippen molar-refractivity contribution in [1.82, 2.24) is 20.4 Å². The highest BCUT2D eigenvalue weighted by atomic mass is 16.2. The van der Waals surface area contributed by atoms with Crippen LogP contribution in [0.2, 0.25) is 0 Å². The number of hydrogen-bond donors (Lipinski definition) is 2. The molecule has 2 aliphatic heterocycles. The molecule has 2 aliphatic rings. The molecule has 0 bridgehead atoms. The topological polar surface area (TPSA) is 47.6 Å². The van der Waals surface area contributed by atoms with Crippen LogP contribution in [0.5, 0.6) is 0 Å². The number of rotatable bonds is 4. The van der Waals surface area contributed by atoms with Crippen LogP contribution in [0.4, 0.5) is 4.79 Å². The van der Waals surface area contributed by atoms with Crippen LogP contribution in [0.1, 0.15) is 17.5 Å². The van der Waals surface area contributed by atoms with Gasteiger partial charge in [-0.15, -0.1) is 0 Å². The monoisotopic (exact) mass is 316 g/mol. The molecule has 5 nitrogen and oxygen atoms in total. The smallest absolute Gasteiger partial charge is 0.317 e. The van der Waals surface area contributed by atoms with Crippen molar-refractivity contribution in [3.8, 4) is 0 Å². The predicted molar refractivity (Wildman–Crippen MR) is 92.7 cm³/mol. The maximum absolute atomic E-state index is 12.3. The van der Waals surface area contributed by atoms with E-state index in [1.54, 1.807) is 0 Å². The summed E-state index contributed by atoms with van der Waals surface area (Å²) in [6.07, 6.45) is 2.13. The number of aryl methyl sites for hydroxylation is 1. The van der Waals surface area contributed by atoms with E-state index in [9.17, 15) is 4.79 Å². The van der Waals surface area contributed by atoms with Crippen molar-refractivity contribution in [1.29, 1.82) is 0 Å². The number of benzene rings is 1. The van der Waals surface area contributed by atoms with E-state index in [2.05, 4.69) is 46.7 Å². The molecule has 0 radical (unpaired) electrons. The summed E-state index contributed by atoms with van der Waals surface area (Å²) in [6, 6.07) is 9.12. The zero-order valence-electron chi connectivity index (χ0n) is 14.1. The lowest BCUT2D eigenvalue weighted by Gasteiger charge is -2.37. The fourth-order valence-corrected chi connectivity index (χ4v) is 3.55. The Morgan fingerprint density at radius 2 is 2.04 bits per heavy atom. The first-order valence-corrected chi connectivity index (χ1v) is 8.76. The van der Waals surface area contributed by atoms with Gasteiger partial charge < -0.3 is 15.5 Å². The molecule has 126 valence electrons. The Hall–Kier alpha value is -1.59. The van der Waals surface area contributed by atoms with E-state index in [4.69, 9.17) is 0 Å². The minimum absolute atomic E-state index is 0.0859. The number of piperazine rings is 1. The Bertz CT molecular complexity index is 520. The standard InChI is InChI=1S/C18H28N4O/c1-15-4-2-3-5-16(15)6-9-20-18(23)22-12-10-21(11-13-22)17-7-8-19-14-17/h2-5,17,19H,6-14H2,1H3,(H,20,23)/t17-/m0/s1. The van der Waals surface area contributed by atoms with E-state index < -0.39 is 0 Å². The second-order valence-corrected chi connectivity index (χ2v) is 6.58. The first kappa shape index (κ1) is 16.3. The van der Waals surface area contributed by atoms with Gasteiger partial charge >= 0.3 is 6.03 Å². The first-order valence-electron chi connectivity index (χ1n) is 8.76. The maximum Gasteiger partial charge on any atom is 0.317 e. The number of hydrogen-bond acceptors (Lipinski definition) is 3. The van der Waals surface area contributed by atoms with E-state index in [0.29, 0.717) is 12.6 Å². The van der Waals surface area contributed by atoms with Gasteiger partial charge in [0.25, 0.3) is 0 Å². The van der Waals surface area contributed by atoms with Crippen LogP contribution in [0.15, 0.2) is 24.3 Å². The molecule has 0 saturated carbocycles. The predicted octanol–water partition coefficient (Wildman–Crippen LogP) is 1.23. The Morgan fingerprint density at radius 3 is 2.74 bits per heavy atom.